The van der Waals surface area contributed by atoms with E-state index in [0.29, 0.717) is 19.8 Å². The third-order valence-corrected chi connectivity index (χ3v) is 1.68. The molecule has 0 aliphatic carbocycles. The van der Waals surface area contributed by atoms with Crippen LogP contribution in [0, 0.1) is 0 Å². The Labute approximate surface area is 83.4 Å². The summed E-state index contributed by atoms with van der Waals surface area (Å²) in [6.45, 7) is 1.94. The van der Waals surface area contributed by atoms with Gasteiger partial charge in [-0.1, -0.05) is 13.3 Å². The molecule has 0 rings (SSSR count). The molecule has 14 heavy (non-hydrogen) atoms. The van der Waals surface area contributed by atoms with Gasteiger partial charge in [0.05, 0.1) is 13.2 Å². The molecule has 0 saturated heterocycles. The van der Waals surface area contributed by atoms with Crippen LogP contribution in [0.15, 0.2) is 0 Å². The predicted molar refractivity (Wildman–Crippen MR) is 50.6 cm³/mol. The van der Waals surface area contributed by atoms with Crippen molar-refractivity contribution in [3.05, 3.63) is 0 Å². The lowest BCUT2D eigenvalue weighted by Crippen LogP contribution is -2.37. The second-order valence-corrected chi connectivity index (χ2v) is 3.16. The lowest BCUT2D eigenvalue weighted by Gasteiger charge is -2.13. The zero-order valence-electron chi connectivity index (χ0n) is 8.56. The molecular weight excluding hydrogens is 192 g/mol. The third kappa shape index (κ3) is 8.34. The summed E-state index contributed by atoms with van der Waals surface area (Å²) in [7, 11) is 0. The van der Waals surface area contributed by atoms with Crippen LogP contribution in [0.1, 0.15) is 19.8 Å². The molecule has 5 heteroatoms. The standard InChI is InChI=1S/C9H19F2NO2/c1-2-3-5-14-6-4-12-7-9(10,11)8-13/h12-13H,2-8H2,1H3. The van der Waals surface area contributed by atoms with Gasteiger partial charge in [0.1, 0.15) is 6.61 Å². The molecule has 0 aromatic heterocycles. The Morgan fingerprint density at radius 3 is 2.64 bits per heavy atom. The molecule has 0 fully saturated rings. The molecule has 0 unspecified atom stereocenters. The minimum absolute atomic E-state index is 0.388. The minimum atomic E-state index is -3.02. The maximum Gasteiger partial charge on any atom is 0.282 e. The first-order valence-corrected chi connectivity index (χ1v) is 4.89. The number of unbranched alkanes of at least 4 members (excludes halogenated alkanes) is 1. The molecule has 0 saturated carbocycles. The monoisotopic (exact) mass is 211 g/mol. The van der Waals surface area contributed by atoms with Crippen molar-refractivity contribution >= 4 is 0 Å². The molecule has 86 valence electrons. The summed E-state index contributed by atoms with van der Waals surface area (Å²) in [5, 5.41) is 10.8. The largest absolute Gasteiger partial charge is 0.390 e. The summed E-state index contributed by atoms with van der Waals surface area (Å²) in [6, 6.07) is 0. The first-order chi connectivity index (χ1) is 6.62. The third-order valence-electron chi connectivity index (χ3n) is 1.68. The number of alkyl halides is 2. The van der Waals surface area contributed by atoms with Crippen LogP contribution >= 0.6 is 0 Å². The van der Waals surface area contributed by atoms with Crippen LogP contribution in [-0.2, 0) is 4.74 Å². The smallest absolute Gasteiger partial charge is 0.282 e. The zero-order valence-corrected chi connectivity index (χ0v) is 8.56. The van der Waals surface area contributed by atoms with E-state index in [1.807, 2.05) is 0 Å². The molecule has 0 spiro atoms. The summed E-state index contributed by atoms with van der Waals surface area (Å²) < 4.78 is 30.0. The van der Waals surface area contributed by atoms with Crippen molar-refractivity contribution in [2.75, 3.05) is 32.9 Å². The topological polar surface area (TPSA) is 41.5 Å². The van der Waals surface area contributed by atoms with Crippen LogP contribution < -0.4 is 5.32 Å². The summed E-state index contributed by atoms with van der Waals surface area (Å²) >= 11 is 0. The summed E-state index contributed by atoms with van der Waals surface area (Å²) in [5.74, 6) is -3.02. The number of hydrogen-bond acceptors (Lipinski definition) is 3. The van der Waals surface area contributed by atoms with Gasteiger partial charge in [-0.15, -0.1) is 0 Å². The van der Waals surface area contributed by atoms with Gasteiger partial charge in [0, 0.05) is 13.2 Å². The summed E-state index contributed by atoms with van der Waals surface area (Å²) in [6.07, 6.45) is 2.06. The Morgan fingerprint density at radius 1 is 1.36 bits per heavy atom. The van der Waals surface area contributed by atoms with E-state index < -0.39 is 19.1 Å². The second kappa shape index (κ2) is 8.08. The lowest BCUT2D eigenvalue weighted by molar-refractivity contribution is -0.0483. The molecule has 0 amide bonds. The number of aliphatic hydroxyl groups is 1. The van der Waals surface area contributed by atoms with E-state index in [0.717, 1.165) is 12.8 Å². The van der Waals surface area contributed by atoms with Gasteiger partial charge < -0.3 is 15.2 Å². The molecule has 0 aliphatic heterocycles. The maximum absolute atomic E-state index is 12.4. The van der Waals surface area contributed by atoms with Gasteiger partial charge in [0.15, 0.2) is 0 Å². The Balaban J connectivity index is 3.13. The van der Waals surface area contributed by atoms with E-state index in [4.69, 9.17) is 9.84 Å². The van der Waals surface area contributed by atoms with Crippen molar-refractivity contribution in [3.63, 3.8) is 0 Å². The quantitative estimate of drug-likeness (QED) is 0.559. The highest BCUT2D eigenvalue weighted by atomic mass is 19.3. The Hall–Kier alpha value is -0.260. The van der Waals surface area contributed by atoms with Gasteiger partial charge in [-0.2, -0.15) is 0 Å². The summed E-state index contributed by atoms with van der Waals surface area (Å²) in [4.78, 5) is 0. The number of ether oxygens (including phenoxy) is 1. The van der Waals surface area contributed by atoms with E-state index in [9.17, 15) is 8.78 Å². The van der Waals surface area contributed by atoms with Crippen LogP contribution in [0.3, 0.4) is 0 Å². The van der Waals surface area contributed by atoms with Gasteiger partial charge in [-0.25, -0.2) is 8.78 Å². The van der Waals surface area contributed by atoms with E-state index in [1.54, 1.807) is 0 Å². The van der Waals surface area contributed by atoms with Crippen LogP contribution in [-0.4, -0.2) is 43.9 Å². The summed E-state index contributed by atoms with van der Waals surface area (Å²) in [5.41, 5.74) is 0. The van der Waals surface area contributed by atoms with Crippen LogP contribution in [0.4, 0.5) is 8.78 Å². The average Bonchev–Trinajstić information content (AvgIpc) is 2.16. The first-order valence-electron chi connectivity index (χ1n) is 4.89. The highest BCUT2D eigenvalue weighted by Gasteiger charge is 2.26. The lowest BCUT2D eigenvalue weighted by atomic mass is 10.3. The van der Waals surface area contributed by atoms with Crippen molar-refractivity contribution < 1.29 is 18.6 Å². The molecule has 2 N–H and O–H groups in total. The first kappa shape index (κ1) is 13.7. The fourth-order valence-corrected chi connectivity index (χ4v) is 0.820. The van der Waals surface area contributed by atoms with Crippen molar-refractivity contribution in [1.29, 1.82) is 0 Å². The molecule has 0 atom stereocenters. The molecule has 0 bridgehead atoms. The minimum Gasteiger partial charge on any atom is -0.390 e. The Bertz CT molecular complexity index is 134. The molecule has 0 aliphatic rings. The van der Waals surface area contributed by atoms with Crippen LogP contribution in [0.2, 0.25) is 0 Å². The number of rotatable bonds is 9. The normalized spacial score (nSPS) is 12.0. The highest BCUT2D eigenvalue weighted by molar-refractivity contribution is 4.66. The van der Waals surface area contributed by atoms with E-state index in [2.05, 4.69) is 12.2 Å². The average molecular weight is 211 g/mol. The highest BCUT2D eigenvalue weighted by Crippen LogP contribution is 2.09. The molecule has 0 aromatic rings. The van der Waals surface area contributed by atoms with Crippen molar-refractivity contribution in [2.45, 2.75) is 25.7 Å². The molecule has 3 nitrogen and oxygen atoms in total. The van der Waals surface area contributed by atoms with Crippen molar-refractivity contribution in [2.24, 2.45) is 0 Å². The molecule has 0 heterocycles. The Morgan fingerprint density at radius 2 is 2.07 bits per heavy atom. The van der Waals surface area contributed by atoms with Crippen molar-refractivity contribution in [1.82, 2.24) is 5.32 Å². The SMILES string of the molecule is CCCCOCCNCC(F)(F)CO. The van der Waals surface area contributed by atoms with E-state index in [1.165, 1.54) is 0 Å². The number of halogens is 2. The molecule has 0 radical (unpaired) electrons. The number of nitrogens with one attached hydrogen (secondary N) is 1. The van der Waals surface area contributed by atoms with Gasteiger partial charge >= 0.3 is 0 Å². The van der Waals surface area contributed by atoms with Gasteiger partial charge in [0.25, 0.3) is 5.92 Å². The second-order valence-electron chi connectivity index (χ2n) is 3.16. The van der Waals surface area contributed by atoms with Crippen LogP contribution in [0.25, 0.3) is 0 Å². The fourth-order valence-electron chi connectivity index (χ4n) is 0.820. The fraction of sp³-hybridized carbons (Fsp3) is 1.00. The van der Waals surface area contributed by atoms with Gasteiger partial charge in [-0.3, -0.25) is 0 Å². The maximum atomic E-state index is 12.4. The van der Waals surface area contributed by atoms with E-state index >= 15 is 0 Å². The number of aliphatic hydroxyl groups excluding tert-OH is 1. The molecule has 0 aromatic carbocycles. The molecular formula is C9H19F2NO2. The number of hydrogen-bond donors (Lipinski definition) is 2. The van der Waals surface area contributed by atoms with Crippen LogP contribution in [0.5, 0.6) is 0 Å². The Kier molecular flexibility index (Phi) is 7.93. The van der Waals surface area contributed by atoms with Gasteiger partial charge in [0.2, 0.25) is 0 Å². The zero-order chi connectivity index (χ0) is 10.9. The predicted octanol–water partition coefficient (Wildman–Crippen LogP) is 1.02. The van der Waals surface area contributed by atoms with Gasteiger partial charge in [-0.05, 0) is 6.42 Å². The van der Waals surface area contributed by atoms with Crippen molar-refractivity contribution in [3.8, 4) is 0 Å². The van der Waals surface area contributed by atoms with E-state index in [-0.39, 0.29) is 0 Å².